The van der Waals surface area contributed by atoms with Gasteiger partial charge in [-0.1, -0.05) is 54.6 Å². The molecule has 2 aromatic carbocycles. The highest BCUT2D eigenvalue weighted by atomic mass is 32.1. The zero-order valence-corrected chi connectivity index (χ0v) is 19.3. The third kappa shape index (κ3) is 4.30. The molecule has 5 nitrogen and oxygen atoms in total. The van der Waals surface area contributed by atoms with Crippen LogP contribution in [0.4, 0.5) is 5.82 Å². The van der Waals surface area contributed by atoms with Crippen LogP contribution in [0.15, 0.2) is 89.4 Å². The van der Waals surface area contributed by atoms with Gasteiger partial charge in [-0.2, -0.15) is 0 Å². The summed E-state index contributed by atoms with van der Waals surface area (Å²) in [7, 11) is 0. The molecule has 0 aliphatic carbocycles. The second kappa shape index (κ2) is 9.00. The lowest BCUT2D eigenvalue weighted by atomic mass is 10.0. The lowest BCUT2D eigenvalue weighted by molar-refractivity contribution is 0.589. The first-order valence-electron chi connectivity index (χ1n) is 10.9. The first-order valence-corrected chi connectivity index (χ1v) is 11.7. The van der Waals surface area contributed by atoms with Crippen molar-refractivity contribution < 1.29 is 0 Å². The normalized spacial score (nSPS) is 12.1. The van der Waals surface area contributed by atoms with E-state index < -0.39 is 0 Å². The maximum Gasteiger partial charge on any atom is 0.250 e. The Kier molecular flexibility index (Phi) is 5.75. The first kappa shape index (κ1) is 21.1. The SMILES string of the molecule is Cc1ccc(-c2csc3ncnc(NC(Cn4ccccc4=O)c4ccccc4)c23)cc1C. The van der Waals surface area contributed by atoms with Crippen LogP contribution in [0, 0.1) is 13.8 Å². The van der Waals surface area contributed by atoms with E-state index in [1.165, 1.54) is 11.1 Å². The van der Waals surface area contributed by atoms with Crippen molar-refractivity contribution in [3.63, 3.8) is 0 Å². The average Bonchev–Trinajstić information content (AvgIpc) is 3.27. The van der Waals surface area contributed by atoms with Gasteiger partial charge in [-0.05, 0) is 42.2 Å². The van der Waals surface area contributed by atoms with Crippen molar-refractivity contribution in [1.82, 2.24) is 14.5 Å². The summed E-state index contributed by atoms with van der Waals surface area (Å²) >= 11 is 1.62. The Bertz CT molecular complexity index is 1470. The van der Waals surface area contributed by atoms with E-state index in [4.69, 9.17) is 0 Å². The quantitative estimate of drug-likeness (QED) is 0.344. The zero-order chi connectivity index (χ0) is 22.8. The molecular weight excluding hydrogens is 428 g/mol. The number of pyridine rings is 1. The number of hydrogen-bond donors (Lipinski definition) is 1. The summed E-state index contributed by atoms with van der Waals surface area (Å²) in [5, 5.41) is 6.79. The molecule has 1 unspecified atom stereocenters. The van der Waals surface area contributed by atoms with Crippen LogP contribution in [0.5, 0.6) is 0 Å². The molecule has 1 atom stereocenters. The van der Waals surface area contributed by atoms with Gasteiger partial charge in [-0.25, -0.2) is 9.97 Å². The molecule has 33 heavy (non-hydrogen) atoms. The Morgan fingerprint density at radius 1 is 0.970 bits per heavy atom. The maximum atomic E-state index is 12.4. The van der Waals surface area contributed by atoms with Crippen molar-refractivity contribution in [2.24, 2.45) is 0 Å². The molecule has 0 spiro atoms. The number of thiophene rings is 1. The number of anilines is 1. The number of aryl methyl sites for hydroxylation is 2. The Morgan fingerprint density at radius 3 is 2.58 bits per heavy atom. The Hall–Kier alpha value is -3.77. The van der Waals surface area contributed by atoms with Crippen molar-refractivity contribution in [1.29, 1.82) is 0 Å². The third-order valence-electron chi connectivity index (χ3n) is 5.98. The smallest absolute Gasteiger partial charge is 0.250 e. The first-order chi connectivity index (χ1) is 16.1. The van der Waals surface area contributed by atoms with Gasteiger partial charge >= 0.3 is 0 Å². The van der Waals surface area contributed by atoms with Crippen LogP contribution in [0.2, 0.25) is 0 Å². The fourth-order valence-electron chi connectivity index (χ4n) is 4.00. The van der Waals surface area contributed by atoms with Gasteiger partial charge in [0, 0.05) is 23.2 Å². The van der Waals surface area contributed by atoms with Gasteiger partial charge in [0.15, 0.2) is 0 Å². The average molecular weight is 453 g/mol. The fourth-order valence-corrected chi connectivity index (χ4v) is 4.91. The summed E-state index contributed by atoms with van der Waals surface area (Å²) in [6.45, 7) is 4.74. The molecule has 0 aliphatic rings. The lowest BCUT2D eigenvalue weighted by Crippen LogP contribution is -2.25. The van der Waals surface area contributed by atoms with Gasteiger partial charge in [0.05, 0.1) is 18.0 Å². The summed E-state index contributed by atoms with van der Waals surface area (Å²) in [6.07, 6.45) is 3.42. The molecule has 0 radical (unpaired) electrons. The number of fused-ring (bicyclic) bond motifs is 1. The van der Waals surface area contributed by atoms with E-state index in [1.807, 2.05) is 30.5 Å². The number of nitrogens with zero attached hydrogens (tertiary/aromatic N) is 3. The minimum absolute atomic E-state index is 0.0283. The van der Waals surface area contributed by atoms with Crippen LogP contribution < -0.4 is 10.9 Å². The fraction of sp³-hybridized carbons (Fsp3) is 0.148. The molecule has 5 rings (SSSR count). The van der Waals surface area contributed by atoms with E-state index in [9.17, 15) is 4.79 Å². The monoisotopic (exact) mass is 452 g/mol. The van der Waals surface area contributed by atoms with E-state index in [-0.39, 0.29) is 11.6 Å². The van der Waals surface area contributed by atoms with Crippen LogP contribution in [-0.2, 0) is 6.54 Å². The third-order valence-corrected chi connectivity index (χ3v) is 6.87. The largest absolute Gasteiger partial charge is 0.361 e. The van der Waals surface area contributed by atoms with Crippen molar-refractivity contribution in [2.75, 3.05) is 5.32 Å². The molecule has 0 bridgehead atoms. The van der Waals surface area contributed by atoms with Crippen LogP contribution in [0.1, 0.15) is 22.7 Å². The summed E-state index contributed by atoms with van der Waals surface area (Å²) in [6, 6.07) is 21.8. The number of rotatable bonds is 6. The van der Waals surface area contributed by atoms with Gasteiger partial charge in [0.1, 0.15) is 17.0 Å². The second-order valence-electron chi connectivity index (χ2n) is 8.15. The molecule has 1 N–H and O–H groups in total. The van der Waals surface area contributed by atoms with E-state index >= 15 is 0 Å². The van der Waals surface area contributed by atoms with Crippen molar-refractivity contribution in [3.8, 4) is 11.1 Å². The van der Waals surface area contributed by atoms with Gasteiger partial charge in [-0.3, -0.25) is 4.79 Å². The highest BCUT2D eigenvalue weighted by Gasteiger charge is 2.18. The van der Waals surface area contributed by atoms with Crippen LogP contribution >= 0.6 is 11.3 Å². The van der Waals surface area contributed by atoms with Crippen molar-refractivity contribution in [2.45, 2.75) is 26.4 Å². The molecule has 0 saturated heterocycles. The molecule has 6 heteroatoms. The lowest BCUT2D eigenvalue weighted by Gasteiger charge is -2.21. The van der Waals surface area contributed by atoms with E-state index in [0.29, 0.717) is 6.54 Å². The van der Waals surface area contributed by atoms with Gasteiger partial charge in [-0.15, -0.1) is 11.3 Å². The van der Waals surface area contributed by atoms with Gasteiger partial charge in [0.2, 0.25) is 0 Å². The summed E-state index contributed by atoms with van der Waals surface area (Å²) < 4.78 is 1.72. The second-order valence-corrected chi connectivity index (χ2v) is 9.01. The van der Waals surface area contributed by atoms with Crippen LogP contribution in [0.3, 0.4) is 0 Å². The maximum absolute atomic E-state index is 12.4. The van der Waals surface area contributed by atoms with Crippen LogP contribution in [-0.4, -0.2) is 14.5 Å². The Balaban J connectivity index is 1.59. The standard InChI is InChI=1S/C27H24N4OS/c1-18-11-12-21(14-19(18)2)22-16-33-27-25(22)26(28-17-29-27)30-23(20-8-4-3-5-9-20)15-31-13-7-6-10-24(31)32/h3-14,16-17,23H,15H2,1-2H3,(H,28,29,30). The molecular formula is C27H24N4OS. The van der Waals surface area contributed by atoms with E-state index in [0.717, 1.165) is 32.7 Å². The number of aromatic nitrogens is 3. The van der Waals surface area contributed by atoms with E-state index in [1.54, 1.807) is 34.4 Å². The number of nitrogens with one attached hydrogen (secondary N) is 1. The minimum atomic E-state index is -0.142. The summed E-state index contributed by atoms with van der Waals surface area (Å²) in [5.74, 6) is 0.771. The predicted octanol–water partition coefficient (Wildman–Crippen LogP) is 5.99. The molecule has 0 amide bonds. The number of hydrogen-bond acceptors (Lipinski definition) is 5. The van der Waals surface area contributed by atoms with Crippen molar-refractivity contribution in [3.05, 3.63) is 112 Å². The van der Waals surface area contributed by atoms with Crippen molar-refractivity contribution >= 4 is 27.4 Å². The predicted molar refractivity (Wildman–Crippen MR) is 136 cm³/mol. The molecule has 5 aromatic rings. The number of benzene rings is 2. The topological polar surface area (TPSA) is 59.8 Å². The molecule has 3 heterocycles. The van der Waals surface area contributed by atoms with Crippen LogP contribution in [0.25, 0.3) is 21.3 Å². The van der Waals surface area contributed by atoms with E-state index in [2.05, 4.69) is 64.8 Å². The summed E-state index contributed by atoms with van der Waals surface area (Å²) in [5.41, 5.74) is 5.85. The zero-order valence-electron chi connectivity index (χ0n) is 18.5. The molecule has 0 fully saturated rings. The molecule has 3 aromatic heterocycles. The molecule has 0 aliphatic heterocycles. The molecule has 164 valence electrons. The van der Waals surface area contributed by atoms with Gasteiger partial charge in [0.25, 0.3) is 5.56 Å². The highest BCUT2D eigenvalue weighted by molar-refractivity contribution is 7.17. The minimum Gasteiger partial charge on any atom is -0.361 e. The highest BCUT2D eigenvalue weighted by Crippen LogP contribution is 2.38. The summed E-state index contributed by atoms with van der Waals surface area (Å²) in [4.78, 5) is 22.5. The Labute approximate surface area is 196 Å². The Morgan fingerprint density at radius 2 is 1.79 bits per heavy atom. The van der Waals surface area contributed by atoms with Gasteiger partial charge < -0.3 is 9.88 Å². The molecule has 0 saturated carbocycles.